The third kappa shape index (κ3) is 1.25. The maximum Gasteiger partial charge on any atom is 0.143 e. The molecule has 2 heteroatoms. The van der Waals surface area contributed by atoms with Gasteiger partial charge in [0.25, 0.3) is 0 Å². The van der Waals surface area contributed by atoms with E-state index in [0.717, 1.165) is 6.29 Å². The SMILES string of the molecule is O=CCC1C=CCC1=O. The molecule has 9 heavy (non-hydrogen) atoms. The van der Waals surface area contributed by atoms with Gasteiger partial charge in [0.15, 0.2) is 0 Å². The third-order valence-electron chi connectivity index (χ3n) is 1.45. The van der Waals surface area contributed by atoms with Crippen molar-refractivity contribution in [3.63, 3.8) is 0 Å². The molecule has 1 aliphatic rings. The molecule has 1 aliphatic carbocycles. The summed E-state index contributed by atoms with van der Waals surface area (Å²) in [5, 5.41) is 0. The monoisotopic (exact) mass is 124 g/mol. The molecule has 0 aliphatic heterocycles. The predicted octanol–water partition coefficient (Wildman–Crippen LogP) is 0.721. The lowest BCUT2D eigenvalue weighted by Gasteiger charge is -1.96. The van der Waals surface area contributed by atoms with E-state index in [1.54, 1.807) is 6.08 Å². The van der Waals surface area contributed by atoms with Gasteiger partial charge in [0.1, 0.15) is 12.1 Å². The fourth-order valence-electron chi connectivity index (χ4n) is 0.921. The average molecular weight is 124 g/mol. The minimum absolute atomic E-state index is 0.109. The van der Waals surface area contributed by atoms with Crippen molar-refractivity contribution in [2.24, 2.45) is 5.92 Å². The topological polar surface area (TPSA) is 34.1 Å². The first-order chi connectivity index (χ1) is 4.34. The van der Waals surface area contributed by atoms with Gasteiger partial charge in [-0.15, -0.1) is 0 Å². The minimum atomic E-state index is -0.109. The Morgan fingerprint density at radius 2 is 2.56 bits per heavy atom. The van der Waals surface area contributed by atoms with Crippen LogP contribution in [0, 0.1) is 5.92 Å². The molecule has 0 saturated heterocycles. The van der Waals surface area contributed by atoms with Crippen LogP contribution in [-0.4, -0.2) is 12.1 Å². The van der Waals surface area contributed by atoms with Gasteiger partial charge >= 0.3 is 0 Å². The molecule has 0 spiro atoms. The second-order valence-corrected chi connectivity index (χ2v) is 2.11. The molecule has 0 aromatic heterocycles. The van der Waals surface area contributed by atoms with Crippen LogP contribution in [0.25, 0.3) is 0 Å². The molecule has 0 fully saturated rings. The molecular formula is C7H8O2. The van der Waals surface area contributed by atoms with Crippen LogP contribution < -0.4 is 0 Å². The van der Waals surface area contributed by atoms with Gasteiger partial charge in [0, 0.05) is 18.8 Å². The molecule has 0 aromatic rings. The summed E-state index contributed by atoms with van der Waals surface area (Å²) < 4.78 is 0. The lowest BCUT2D eigenvalue weighted by molar-refractivity contribution is -0.122. The number of ketones is 1. The summed E-state index contributed by atoms with van der Waals surface area (Å²) in [6.45, 7) is 0. The summed E-state index contributed by atoms with van der Waals surface area (Å²) in [5.41, 5.74) is 0. The van der Waals surface area contributed by atoms with E-state index in [9.17, 15) is 9.59 Å². The quantitative estimate of drug-likeness (QED) is 0.401. The molecule has 0 saturated carbocycles. The van der Waals surface area contributed by atoms with Crippen molar-refractivity contribution in [2.45, 2.75) is 12.8 Å². The highest BCUT2D eigenvalue weighted by molar-refractivity contribution is 5.88. The lowest BCUT2D eigenvalue weighted by Crippen LogP contribution is -2.05. The van der Waals surface area contributed by atoms with E-state index in [0.29, 0.717) is 12.8 Å². The van der Waals surface area contributed by atoms with Gasteiger partial charge in [-0.1, -0.05) is 12.2 Å². The molecule has 48 valence electrons. The van der Waals surface area contributed by atoms with E-state index in [4.69, 9.17) is 0 Å². The van der Waals surface area contributed by atoms with Crippen LogP contribution in [-0.2, 0) is 9.59 Å². The number of allylic oxidation sites excluding steroid dienone is 2. The highest BCUT2D eigenvalue weighted by atomic mass is 16.1. The first-order valence-corrected chi connectivity index (χ1v) is 2.97. The largest absolute Gasteiger partial charge is 0.303 e. The van der Waals surface area contributed by atoms with Gasteiger partial charge in [0.05, 0.1) is 0 Å². The van der Waals surface area contributed by atoms with Crippen molar-refractivity contribution in [1.82, 2.24) is 0 Å². The third-order valence-corrected chi connectivity index (χ3v) is 1.45. The van der Waals surface area contributed by atoms with Crippen molar-refractivity contribution >= 4 is 12.1 Å². The number of Topliss-reactive ketones (excluding diaryl/α,β-unsaturated/α-hetero) is 1. The summed E-state index contributed by atoms with van der Waals surface area (Å²) in [7, 11) is 0. The molecule has 1 rings (SSSR count). The Balaban J connectivity index is 2.48. The van der Waals surface area contributed by atoms with Gasteiger partial charge in [-0.05, 0) is 0 Å². The Morgan fingerprint density at radius 3 is 3.00 bits per heavy atom. The number of aldehydes is 1. The summed E-state index contributed by atoms with van der Waals surface area (Å²) in [5.74, 6) is 0.0598. The first-order valence-electron chi connectivity index (χ1n) is 2.97. The van der Waals surface area contributed by atoms with Crippen molar-refractivity contribution in [1.29, 1.82) is 0 Å². The molecule has 1 atom stereocenters. The lowest BCUT2D eigenvalue weighted by atomic mass is 10.1. The zero-order valence-electron chi connectivity index (χ0n) is 5.04. The van der Waals surface area contributed by atoms with Crippen molar-refractivity contribution < 1.29 is 9.59 Å². The average Bonchev–Trinajstić information content (AvgIpc) is 2.18. The summed E-state index contributed by atoms with van der Waals surface area (Å²) in [6.07, 6.45) is 5.28. The fraction of sp³-hybridized carbons (Fsp3) is 0.429. The Hall–Kier alpha value is -0.920. The van der Waals surface area contributed by atoms with Crippen LogP contribution in [0.3, 0.4) is 0 Å². The minimum Gasteiger partial charge on any atom is -0.303 e. The Morgan fingerprint density at radius 1 is 1.78 bits per heavy atom. The normalized spacial score (nSPS) is 24.9. The first kappa shape index (κ1) is 6.20. The summed E-state index contributed by atoms with van der Waals surface area (Å²) in [6, 6.07) is 0. The maximum atomic E-state index is 10.7. The molecular weight excluding hydrogens is 116 g/mol. The Bertz CT molecular complexity index is 158. The van der Waals surface area contributed by atoms with Crippen molar-refractivity contribution in [2.75, 3.05) is 0 Å². The van der Waals surface area contributed by atoms with E-state index in [1.165, 1.54) is 0 Å². The Kier molecular flexibility index (Phi) is 1.78. The zero-order valence-corrected chi connectivity index (χ0v) is 5.04. The highest BCUT2D eigenvalue weighted by Gasteiger charge is 2.17. The summed E-state index contributed by atoms with van der Waals surface area (Å²) in [4.78, 5) is 20.7. The smallest absolute Gasteiger partial charge is 0.143 e. The summed E-state index contributed by atoms with van der Waals surface area (Å²) >= 11 is 0. The van der Waals surface area contributed by atoms with E-state index in [1.807, 2.05) is 6.08 Å². The zero-order chi connectivity index (χ0) is 6.69. The fourth-order valence-corrected chi connectivity index (χ4v) is 0.921. The molecule has 0 bridgehead atoms. The van der Waals surface area contributed by atoms with Crippen LogP contribution in [0.5, 0.6) is 0 Å². The molecule has 1 unspecified atom stereocenters. The van der Waals surface area contributed by atoms with Gasteiger partial charge in [-0.25, -0.2) is 0 Å². The van der Waals surface area contributed by atoms with Crippen LogP contribution in [0.2, 0.25) is 0 Å². The van der Waals surface area contributed by atoms with Gasteiger partial charge in [0.2, 0.25) is 0 Å². The molecule has 2 nitrogen and oxygen atoms in total. The van der Waals surface area contributed by atoms with E-state index < -0.39 is 0 Å². The predicted molar refractivity (Wildman–Crippen MR) is 32.9 cm³/mol. The van der Waals surface area contributed by atoms with E-state index in [2.05, 4.69) is 0 Å². The van der Waals surface area contributed by atoms with Gasteiger partial charge in [-0.2, -0.15) is 0 Å². The Labute approximate surface area is 53.6 Å². The second-order valence-electron chi connectivity index (χ2n) is 2.11. The number of hydrogen-bond acceptors (Lipinski definition) is 2. The second kappa shape index (κ2) is 2.58. The van der Waals surface area contributed by atoms with Crippen LogP contribution in [0.1, 0.15) is 12.8 Å². The maximum absolute atomic E-state index is 10.7. The molecule has 0 aromatic carbocycles. The van der Waals surface area contributed by atoms with Gasteiger partial charge < -0.3 is 4.79 Å². The van der Waals surface area contributed by atoms with E-state index in [-0.39, 0.29) is 11.7 Å². The standard InChI is InChI=1S/C7H8O2/c8-5-4-6-2-1-3-7(6)9/h1-2,5-6H,3-4H2. The van der Waals surface area contributed by atoms with Crippen LogP contribution >= 0.6 is 0 Å². The van der Waals surface area contributed by atoms with Crippen LogP contribution in [0.15, 0.2) is 12.2 Å². The molecule has 0 amide bonds. The van der Waals surface area contributed by atoms with Crippen molar-refractivity contribution in [3.05, 3.63) is 12.2 Å². The van der Waals surface area contributed by atoms with Crippen molar-refractivity contribution in [3.8, 4) is 0 Å². The van der Waals surface area contributed by atoms with Gasteiger partial charge in [-0.3, -0.25) is 4.79 Å². The number of carbonyl (C=O) groups is 2. The molecule has 0 N–H and O–H groups in total. The van der Waals surface area contributed by atoms with Crippen LogP contribution in [0.4, 0.5) is 0 Å². The number of carbonyl (C=O) groups excluding carboxylic acids is 2. The molecule has 0 radical (unpaired) electrons. The highest BCUT2D eigenvalue weighted by Crippen LogP contribution is 2.14. The number of hydrogen-bond donors (Lipinski definition) is 0. The van der Waals surface area contributed by atoms with E-state index >= 15 is 0 Å². The molecule has 0 heterocycles. The number of rotatable bonds is 2.